The lowest BCUT2D eigenvalue weighted by molar-refractivity contribution is -0.127. The van der Waals surface area contributed by atoms with Gasteiger partial charge in [0.05, 0.1) is 0 Å². The molecule has 1 amide bonds. The van der Waals surface area contributed by atoms with Gasteiger partial charge in [-0.15, -0.1) is 10.2 Å². The zero-order valence-corrected chi connectivity index (χ0v) is 12.5. The standard InChI is InChI=1S/C16H22N4O/c1-2-3-4-7-15(21)19-11-8-13(9-12-19)16-18-17-14-6-5-10-20(14)16/h2-4,7,13H,5-6,8-12H2,1H3/b3-2+,7-4-. The summed E-state index contributed by atoms with van der Waals surface area (Å²) in [6.45, 7) is 4.62. The van der Waals surface area contributed by atoms with Crippen LogP contribution in [0.3, 0.4) is 0 Å². The minimum absolute atomic E-state index is 0.109. The molecule has 112 valence electrons. The van der Waals surface area contributed by atoms with Crippen LogP contribution in [-0.2, 0) is 17.8 Å². The minimum atomic E-state index is 0.109. The Morgan fingerprint density at radius 3 is 2.76 bits per heavy atom. The zero-order valence-electron chi connectivity index (χ0n) is 12.5. The van der Waals surface area contributed by atoms with Crippen molar-refractivity contribution >= 4 is 5.91 Å². The van der Waals surface area contributed by atoms with Gasteiger partial charge in [-0.2, -0.15) is 0 Å². The Bertz CT molecular complexity index is 565. The second-order valence-electron chi connectivity index (χ2n) is 5.71. The van der Waals surface area contributed by atoms with Gasteiger partial charge < -0.3 is 9.47 Å². The maximum atomic E-state index is 12.0. The molecular weight excluding hydrogens is 264 g/mol. The number of carbonyl (C=O) groups excluding carboxylic acids is 1. The summed E-state index contributed by atoms with van der Waals surface area (Å²) in [7, 11) is 0. The number of hydrogen-bond acceptors (Lipinski definition) is 3. The molecule has 0 aromatic carbocycles. The average molecular weight is 286 g/mol. The molecular formula is C16H22N4O. The topological polar surface area (TPSA) is 51.0 Å². The Morgan fingerprint density at radius 2 is 2.00 bits per heavy atom. The van der Waals surface area contributed by atoms with Gasteiger partial charge >= 0.3 is 0 Å². The van der Waals surface area contributed by atoms with Gasteiger partial charge in [-0.25, -0.2) is 0 Å². The lowest BCUT2D eigenvalue weighted by Gasteiger charge is -2.30. The molecule has 0 radical (unpaired) electrons. The predicted octanol–water partition coefficient (Wildman–Crippen LogP) is 2.06. The number of carbonyl (C=O) groups is 1. The van der Waals surface area contributed by atoms with Gasteiger partial charge in [0, 0.05) is 38.0 Å². The van der Waals surface area contributed by atoms with Crippen molar-refractivity contribution in [3.05, 3.63) is 36.0 Å². The van der Waals surface area contributed by atoms with E-state index in [2.05, 4.69) is 14.8 Å². The quantitative estimate of drug-likeness (QED) is 0.631. The Kier molecular flexibility index (Phi) is 4.18. The lowest BCUT2D eigenvalue weighted by atomic mass is 9.96. The predicted molar refractivity (Wildman–Crippen MR) is 80.9 cm³/mol. The molecule has 1 fully saturated rings. The van der Waals surface area contributed by atoms with E-state index in [1.165, 1.54) is 6.42 Å². The molecule has 0 aliphatic carbocycles. The fourth-order valence-electron chi connectivity index (χ4n) is 3.19. The molecule has 21 heavy (non-hydrogen) atoms. The second kappa shape index (κ2) is 6.24. The van der Waals surface area contributed by atoms with Crippen LogP contribution in [0.5, 0.6) is 0 Å². The van der Waals surface area contributed by atoms with Gasteiger partial charge in [0.15, 0.2) is 0 Å². The van der Waals surface area contributed by atoms with Crippen LogP contribution >= 0.6 is 0 Å². The van der Waals surface area contributed by atoms with Crippen molar-refractivity contribution in [1.29, 1.82) is 0 Å². The number of aryl methyl sites for hydroxylation is 1. The van der Waals surface area contributed by atoms with E-state index in [0.29, 0.717) is 5.92 Å². The molecule has 1 aromatic rings. The van der Waals surface area contributed by atoms with E-state index in [0.717, 1.165) is 50.5 Å². The molecule has 2 aliphatic rings. The third-order valence-corrected chi connectivity index (χ3v) is 4.35. The van der Waals surface area contributed by atoms with Crippen LogP contribution in [0.1, 0.15) is 43.8 Å². The van der Waals surface area contributed by atoms with Crippen LogP contribution in [0, 0.1) is 0 Å². The van der Waals surface area contributed by atoms with Crippen LogP contribution in [0.25, 0.3) is 0 Å². The normalized spacial score (nSPS) is 19.8. The Balaban J connectivity index is 1.59. The first-order chi connectivity index (χ1) is 10.3. The number of fused-ring (bicyclic) bond motifs is 1. The van der Waals surface area contributed by atoms with Gasteiger partial charge in [-0.1, -0.05) is 18.2 Å². The molecule has 5 heteroatoms. The van der Waals surface area contributed by atoms with Crippen molar-refractivity contribution in [2.24, 2.45) is 0 Å². The summed E-state index contributed by atoms with van der Waals surface area (Å²) < 4.78 is 2.29. The third-order valence-electron chi connectivity index (χ3n) is 4.35. The summed E-state index contributed by atoms with van der Waals surface area (Å²) >= 11 is 0. The van der Waals surface area contributed by atoms with Crippen LogP contribution in [0.2, 0.25) is 0 Å². The molecule has 0 spiro atoms. The van der Waals surface area contributed by atoms with E-state index < -0.39 is 0 Å². The average Bonchev–Trinajstić information content (AvgIpc) is 3.10. The van der Waals surface area contributed by atoms with E-state index >= 15 is 0 Å². The van der Waals surface area contributed by atoms with Gasteiger partial charge in [0.1, 0.15) is 11.6 Å². The number of nitrogens with zero attached hydrogens (tertiary/aromatic N) is 4. The van der Waals surface area contributed by atoms with Crippen molar-refractivity contribution in [1.82, 2.24) is 19.7 Å². The Morgan fingerprint density at radius 1 is 1.19 bits per heavy atom. The molecule has 1 aromatic heterocycles. The van der Waals surface area contributed by atoms with Crippen molar-refractivity contribution < 1.29 is 4.79 Å². The summed E-state index contributed by atoms with van der Waals surface area (Å²) in [6, 6.07) is 0. The van der Waals surface area contributed by atoms with Gasteiger partial charge in [0.25, 0.3) is 0 Å². The van der Waals surface area contributed by atoms with E-state index in [9.17, 15) is 4.79 Å². The summed E-state index contributed by atoms with van der Waals surface area (Å²) in [5.41, 5.74) is 0. The molecule has 3 rings (SSSR count). The molecule has 2 aliphatic heterocycles. The van der Waals surface area contributed by atoms with E-state index in [-0.39, 0.29) is 5.91 Å². The number of hydrogen-bond donors (Lipinski definition) is 0. The van der Waals surface area contributed by atoms with E-state index in [4.69, 9.17) is 0 Å². The highest BCUT2D eigenvalue weighted by atomic mass is 16.2. The number of piperidine rings is 1. The summed E-state index contributed by atoms with van der Waals surface area (Å²) in [5.74, 6) is 2.84. The van der Waals surface area contributed by atoms with Gasteiger partial charge in [0.2, 0.25) is 5.91 Å². The highest BCUT2D eigenvalue weighted by Crippen LogP contribution is 2.29. The van der Waals surface area contributed by atoms with Crippen molar-refractivity contribution in [3.8, 4) is 0 Å². The van der Waals surface area contributed by atoms with Gasteiger partial charge in [-0.05, 0) is 26.2 Å². The fourth-order valence-corrected chi connectivity index (χ4v) is 3.19. The van der Waals surface area contributed by atoms with E-state index in [1.54, 1.807) is 12.2 Å². The summed E-state index contributed by atoms with van der Waals surface area (Å²) in [4.78, 5) is 14.0. The number of aromatic nitrogens is 3. The first-order valence-corrected chi connectivity index (χ1v) is 7.80. The highest BCUT2D eigenvalue weighted by molar-refractivity contribution is 5.87. The maximum Gasteiger partial charge on any atom is 0.246 e. The van der Waals surface area contributed by atoms with Crippen LogP contribution in [0.4, 0.5) is 0 Å². The molecule has 0 atom stereocenters. The zero-order chi connectivity index (χ0) is 14.7. The third kappa shape index (κ3) is 2.91. The largest absolute Gasteiger partial charge is 0.339 e. The SMILES string of the molecule is C/C=C/C=C\C(=O)N1CCC(c2nnc3n2CCC3)CC1. The summed E-state index contributed by atoms with van der Waals surface area (Å²) in [6.07, 6.45) is 11.5. The first kappa shape index (κ1) is 14.0. The first-order valence-electron chi connectivity index (χ1n) is 7.80. The van der Waals surface area contributed by atoms with E-state index in [1.807, 2.05) is 24.0 Å². The Labute approximate surface area is 125 Å². The summed E-state index contributed by atoms with van der Waals surface area (Å²) in [5, 5.41) is 8.67. The monoisotopic (exact) mass is 286 g/mol. The minimum Gasteiger partial charge on any atom is -0.339 e. The molecule has 0 unspecified atom stereocenters. The Hall–Kier alpha value is -1.91. The smallest absolute Gasteiger partial charge is 0.246 e. The lowest BCUT2D eigenvalue weighted by Crippen LogP contribution is -2.37. The van der Waals surface area contributed by atoms with Gasteiger partial charge in [-0.3, -0.25) is 4.79 Å². The number of amides is 1. The molecule has 5 nitrogen and oxygen atoms in total. The second-order valence-corrected chi connectivity index (χ2v) is 5.71. The number of likely N-dealkylation sites (tertiary alicyclic amines) is 1. The highest BCUT2D eigenvalue weighted by Gasteiger charge is 2.28. The fraction of sp³-hybridized carbons (Fsp3) is 0.562. The van der Waals surface area contributed by atoms with Crippen molar-refractivity contribution in [2.75, 3.05) is 13.1 Å². The number of rotatable bonds is 3. The van der Waals surface area contributed by atoms with Crippen molar-refractivity contribution in [3.63, 3.8) is 0 Å². The molecule has 0 N–H and O–H groups in total. The number of allylic oxidation sites excluding steroid dienone is 3. The molecule has 0 saturated carbocycles. The van der Waals surface area contributed by atoms with Crippen molar-refractivity contribution in [2.45, 2.75) is 45.1 Å². The molecule has 1 saturated heterocycles. The van der Waals surface area contributed by atoms with Crippen LogP contribution in [0.15, 0.2) is 24.3 Å². The molecule has 0 bridgehead atoms. The van der Waals surface area contributed by atoms with Crippen LogP contribution in [-0.4, -0.2) is 38.7 Å². The maximum absolute atomic E-state index is 12.0. The molecule has 3 heterocycles. The van der Waals surface area contributed by atoms with Crippen LogP contribution < -0.4 is 0 Å².